The van der Waals surface area contributed by atoms with Crippen molar-refractivity contribution >= 4 is 46.1 Å². The fraction of sp³-hybridized carbons (Fsp3) is 0.207. The van der Waals surface area contributed by atoms with E-state index < -0.39 is 5.97 Å². The Morgan fingerprint density at radius 1 is 0.946 bits per heavy atom. The third-order valence-corrected chi connectivity index (χ3v) is 6.01. The number of esters is 1. The molecule has 0 bridgehead atoms. The van der Waals surface area contributed by atoms with Gasteiger partial charge in [0.2, 0.25) is 5.91 Å². The molecule has 190 valence electrons. The molecular weight excluding hydrogens is 468 g/mol. The number of fused-ring (bicyclic) bond motifs is 1. The highest BCUT2D eigenvalue weighted by Crippen LogP contribution is 2.38. The van der Waals surface area contributed by atoms with Crippen molar-refractivity contribution in [3.05, 3.63) is 89.5 Å². The summed E-state index contributed by atoms with van der Waals surface area (Å²) in [6.45, 7) is 2.83. The topological polar surface area (TPSA) is 91.0 Å². The molecule has 1 aliphatic heterocycles. The Kier molecular flexibility index (Phi) is 7.69. The highest BCUT2D eigenvalue weighted by Gasteiger charge is 2.29. The largest absolute Gasteiger partial charge is 0.465 e. The second-order valence-electron chi connectivity index (χ2n) is 8.87. The van der Waals surface area contributed by atoms with Crippen LogP contribution in [0.4, 0.5) is 17.1 Å². The molecule has 0 saturated carbocycles. The van der Waals surface area contributed by atoms with Gasteiger partial charge in [-0.3, -0.25) is 9.59 Å². The van der Waals surface area contributed by atoms with Gasteiger partial charge in [-0.05, 0) is 63.0 Å². The van der Waals surface area contributed by atoms with E-state index in [1.165, 1.54) is 7.11 Å². The van der Waals surface area contributed by atoms with Crippen LogP contribution in [0.5, 0.6) is 0 Å². The van der Waals surface area contributed by atoms with E-state index in [0.717, 1.165) is 16.9 Å². The van der Waals surface area contributed by atoms with Crippen LogP contribution in [0.2, 0.25) is 0 Å². The first kappa shape index (κ1) is 25.7. The van der Waals surface area contributed by atoms with E-state index in [-0.39, 0.29) is 11.8 Å². The normalized spacial score (nSPS) is 13.6. The third-order valence-electron chi connectivity index (χ3n) is 6.01. The number of nitrogens with zero attached hydrogens (tertiary/aromatic N) is 2. The minimum absolute atomic E-state index is 0.0193. The van der Waals surface area contributed by atoms with Crippen molar-refractivity contribution in [2.24, 2.45) is 0 Å². The number of ether oxygens (including phenoxy) is 1. The Morgan fingerprint density at radius 3 is 2.27 bits per heavy atom. The molecule has 1 heterocycles. The number of hydrogen-bond donors (Lipinski definition) is 2. The molecule has 0 saturated heterocycles. The van der Waals surface area contributed by atoms with Gasteiger partial charge in [0.05, 0.1) is 36.2 Å². The number of anilines is 3. The molecule has 2 N–H and O–H groups in total. The zero-order chi connectivity index (χ0) is 26.5. The van der Waals surface area contributed by atoms with E-state index in [9.17, 15) is 14.4 Å². The van der Waals surface area contributed by atoms with Crippen LogP contribution in [0.25, 0.3) is 11.3 Å². The number of methoxy groups -OCH3 is 1. The summed E-state index contributed by atoms with van der Waals surface area (Å²) in [5.41, 5.74) is 5.09. The van der Waals surface area contributed by atoms with Gasteiger partial charge in [-0.2, -0.15) is 0 Å². The smallest absolute Gasteiger partial charge is 0.337 e. The molecule has 4 rings (SSSR count). The maximum Gasteiger partial charge on any atom is 0.337 e. The highest BCUT2D eigenvalue weighted by molar-refractivity contribution is 6.37. The Hall–Kier alpha value is -4.43. The van der Waals surface area contributed by atoms with Crippen LogP contribution in [0.1, 0.15) is 28.4 Å². The summed E-state index contributed by atoms with van der Waals surface area (Å²) in [5, 5.41) is 6.29. The monoisotopic (exact) mass is 498 g/mol. The lowest BCUT2D eigenvalue weighted by Gasteiger charge is -2.23. The maximum atomic E-state index is 13.2. The second-order valence-corrected chi connectivity index (χ2v) is 8.87. The summed E-state index contributed by atoms with van der Waals surface area (Å²) in [7, 11) is 5.05. The first-order chi connectivity index (χ1) is 17.8. The summed E-state index contributed by atoms with van der Waals surface area (Å²) < 4.78 is 4.81. The number of carbonyl (C=O) groups is 3. The fourth-order valence-corrected chi connectivity index (χ4v) is 4.28. The molecule has 1 aliphatic rings. The van der Waals surface area contributed by atoms with Crippen molar-refractivity contribution in [3.63, 3.8) is 0 Å². The van der Waals surface area contributed by atoms with Crippen molar-refractivity contribution < 1.29 is 19.1 Å². The average Bonchev–Trinajstić information content (AvgIpc) is 3.22. The standard InChI is InChI=1S/C29H30N4O4/c1-5-33(25(34)18-32(2)3)22-14-12-21(13-15-22)30-27(19-9-7-6-8-10-19)26-23-16-11-20(29(36)37-4)17-24(23)31-28(26)35/h6-17,30H,5,18H2,1-4H3,(H,31,35)/b27-26+. The van der Waals surface area contributed by atoms with Gasteiger partial charge in [0, 0.05) is 23.5 Å². The number of rotatable bonds is 8. The Bertz CT molecular complexity index is 1350. The Balaban J connectivity index is 1.72. The highest BCUT2D eigenvalue weighted by atomic mass is 16.5. The quantitative estimate of drug-likeness (QED) is 0.355. The van der Waals surface area contributed by atoms with E-state index >= 15 is 0 Å². The average molecular weight is 499 g/mol. The zero-order valence-corrected chi connectivity index (χ0v) is 21.4. The van der Waals surface area contributed by atoms with Gasteiger partial charge in [-0.25, -0.2) is 4.79 Å². The van der Waals surface area contributed by atoms with E-state index in [2.05, 4.69) is 10.6 Å². The lowest BCUT2D eigenvalue weighted by atomic mass is 9.99. The number of nitrogens with one attached hydrogen (secondary N) is 2. The summed E-state index contributed by atoms with van der Waals surface area (Å²) in [6, 6.07) is 22.1. The molecule has 0 atom stereocenters. The molecule has 3 aromatic rings. The molecule has 0 aromatic heterocycles. The molecule has 8 heteroatoms. The maximum absolute atomic E-state index is 13.2. The van der Waals surface area contributed by atoms with Gasteiger partial charge >= 0.3 is 5.97 Å². The van der Waals surface area contributed by atoms with Gasteiger partial charge in [-0.15, -0.1) is 0 Å². The van der Waals surface area contributed by atoms with Crippen molar-refractivity contribution in [1.82, 2.24) is 4.90 Å². The minimum Gasteiger partial charge on any atom is -0.465 e. The number of hydrogen-bond acceptors (Lipinski definition) is 6. The summed E-state index contributed by atoms with van der Waals surface area (Å²) in [6.07, 6.45) is 0. The molecular formula is C29H30N4O4. The molecule has 37 heavy (non-hydrogen) atoms. The van der Waals surface area contributed by atoms with E-state index in [1.807, 2.05) is 80.5 Å². The predicted octanol–water partition coefficient (Wildman–Crippen LogP) is 4.32. The van der Waals surface area contributed by atoms with Gasteiger partial charge in [0.15, 0.2) is 0 Å². The number of benzene rings is 3. The van der Waals surface area contributed by atoms with Crippen molar-refractivity contribution in [2.45, 2.75) is 6.92 Å². The summed E-state index contributed by atoms with van der Waals surface area (Å²) in [4.78, 5) is 41.4. The number of likely N-dealkylation sites (N-methyl/N-ethyl adjacent to an activating group) is 2. The van der Waals surface area contributed by atoms with Crippen LogP contribution in [0.15, 0.2) is 72.8 Å². The van der Waals surface area contributed by atoms with Crippen LogP contribution in [0.3, 0.4) is 0 Å². The molecule has 8 nitrogen and oxygen atoms in total. The summed E-state index contributed by atoms with van der Waals surface area (Å²) >= 11 is 0. The number of carbonyl (C=O) groups excluding carboxylic acids is 3. The molecule has 0 fully saturated rings. The molecule has 0 spiro atoms. The van der Waals surface area contributed by atoms with E-state index in [1.54, 1.807) is 23.1 Å². The molecule has 0 unspecified atom stereocenters. The van der Waals surface area contributed by atoms with Crippen LogP contribution in [0, 0.1) is 0 Å². The Morgan fingerprint density at radius 2 is 1.65 bits per heavy atom. The SMILES string of the molecule is CCN(C(=O)CN(C)C)c1ccc(N/C(=C2/C(=O)Nc3cc(C(=O)OC)ccc32)c2ccccc2)cc1. The summed E-state index contributed by atoms with van der Waals surface area (Å²) in [5.74, 6) is -0.724. The predicted molar refractivity (Wildman–Crippen MR) is 146 cm³/mol. The van der Waals surface area contributed by atoms with Crippen LogP contribution in [-0.2, 0) is 14.3 Å². The van der Waals surface area contributed by atoms with Crippen molar-refractivity contribution in [1.29, 1.82) is 0 Å². The first-order valence-corrected chi connectivity index (χ1v) is 12.0. The van der Waals surface area contributed by atoms with Gasteiger partial charge in [0.1, 0.15) is 0 Å². The first-order valence-electron chi connectivity index (χ1n) is 12.0. The Labute approximate surface area is 216 Å². The van der Waals surface area contributed by atoms with Crippen molar-refractivity contribution in [3.8, 4) is 0 Å². The third kappa shape index (κ3) is 5.54. The van der Waals surface area contributed by atoms with Crippen LogP contribution >= 0.6 is 0 Å². The molecule has 0 radical (unpaired) electrons. The van der Waals surface area contributed by atoms with Gasteiger partial charge < -0.3 is 25.2 Å². The lowest BCUT2D eigenvalue weighted by molar-refractivity contribution is -0.119. The molecule has 3 aromatic carbocycles. The van der Waals surface area contributed by atoms with Crippen LogP contribution < -0.4 is 15.5 Å². The molecule has 0 aliphatic carbocycles. The number of amides is 2. The van der Waals surface area contributed by atoms with Crippen molar-refractivity contribution in [2.75, 3.05) is 49.8 Å². The lowest BCUT2D eigenvalue weighted by Crippen LogP contribution is -2.37. The minimum atomic E-state index is -0.471. The second kappa shape index (κ2) is 11.1. The fourth-order valence-electron chi connectivity index (χ4n) is 4.28. The van der Waals surface area contributed by atoms with E-state index in [0.29, 0.717) is 41.2 Å². The zero-order valence-electron chi connectivity index (χ0n) is 21.4. The van der Waals surface area contributed by atoms with Crippen LogP contribution in [-0.4, -0.2) is 57.0 Å². The molecule has 2 amide bonds. The van der Waals surface area contributed by atoms with Gasteiger partial charge in [-0.1, -0.05) is 36.4 Å². The van der Waals surface area contributed by atoms with E-state index in [4.69, 9.17) is 4.74 Å². The van der Waals surface area contributed by atoms with Gasteiger partial charge in [0.25, 0.3) is 5.91 Å².